The predicted molar refractivity (Wildman–Crippen MR) is 105 cm³/mol. The van der Waals surface area contributed by atoms with Crippen molar-refractivity contribution in [1.82, 2.24) is 4.90 Å². The number of carbonyl (C=O) groups excluding carboxylic acids is 2. The van der Waals surface area contributed by atoms with Gasteiger partial charge in [-0.3, -0.25) is 9.59 Å². The van der Waals surface area contributed by atoms with Crippen molar-refractivity contribution in [3.8, 4) is 0 Å². The fraction of sp³-hybridized carbons (Fsp3) is 0.600. The van der Waals surface area contributed by atoms with Crippen LogP contribution in [0.25, 0.3) is 0 Å². The summed E-state index contributed by atoms with van der Waals surface area (Å²) in [4.78, 5) is 27.7. The van der Waals surface area contributed by atoms with Gasteiger partial charge in [-0.05, 0) is 57.7 Å². The number of anilines is 1. The Balaban J connectivity index is 1.70. The Morgan fingerprint density at radius 2 is 1.88 bits per heavy atom. The topological polar surface area (TPSA) is 58.6 Å². The zero-order valence-electron chi connectivity index (χ0n) is 16.0. The monoisotopic (exact) mass is 376 g/mol. The van der Waals surface area contributed by atoms with Crippen molar-refractivity contribution in [1.29, 1.82) is 0 Å². The molecule has 0 saturated carbocycles. The zero-order chi connectivity index (χ0) is 18.8. The summed E-state index contributed by atoms with van der Waals surface area (Å²) in [7, 11) is 0. The van der Waals surface area contributed by atoms with Gasteiger partial charge >= 0.3 is 0 Å². The van der Waals surface area contributed by atoms with Gasteiger partial charge in [-0.15, -0.1) is 11.8 Å². The molecule has 0 radical (unpaired) electrons. The van der Waals surface area contributed by atoms with E-state index in [9.17, 15) is 9.59 Å². The molecule has 3 atom stereocenters. The first kappa shape index (κ1) is 19.2. The molecule has 6 heteroatoms. The van der Waals surface area contributed by atoms with Crippen LogP contribution in [0.2, 0.25) is 0 Å². The minimum atomic E-state index is -0.402. The van der Waals surface area contributed by atoms with Gasteiger partial charge in [0, 0.05) is 17.4 Å². The number of benzene rings is 1. The molecule has 1 aromatic carbocycles. The zero-order valence-corrected chi connectivity index (χ0v) is 16.8. The van der Waals surface area contributed by atoms with Crippen molar-refractivity contribution >= 4 is 29.3 Å². The van der Waals surface area contributed by atoms with Crippen LogP contribution in [0, 0.1) is 19.8 Å². The number of ether oxygens (including phenoxy) is 1. The number of amides is 2. The number of nitrogens with zero attached hydrogens (tertiary/aromatic N) is 1. The van der Waals surface area contributed by atoms with E-state index in [1.54, 1.807) is 16.7 Å². The number of hydrogen-bond acceptors (Lipinski definition) is 4. The Morgan fingerprint density at radius 1 is 1.19 bits per heavy atom. The molecule has 5 nitrogen and oxygen atoms in total. The summed E-state index contributed by atoms with van der Waals surface area (Å²) < 4.78 is 5.75. The molecule has 0 aromatic heterocycles. The van der Waals surface area contributed by atoms with E-state index in [0.717, 1.165) is 29.7 Å². The molecule has 2 aliphatic rings. The Bertz CT molecular complexity index is 684. The van der Waals surface area contributed by atoms with Crippen molar-refractivity contribution in [3.63, 3.8) is 0 Å². The Morgan fingerprint density at radius 3 is 2.58 bits per heavy atom. The fourth-order valence-electron chi connectivity index (χ4n) is 3.82. The molecule has 26 heavy (non-hydrogen) atoms. The number of nitrogens with one attached hydrogen (secondary N) is 1. The first-order chi connectivity index (χ1) is 12.4. The lowest BCUT2D eigenvalue weighted by atomic mass is 9.91. The summed E-state index contributed by atoms with van der Waals surface area (Å²) in [5.41, 5.74) is 3.03. The summed E-state index contributed by atoms with van der Waals surface area (Å²) in [5, 5.41) is 3.03. The fourth-order valence-corrected chi connectivity index (χ4v) is 4.98. The lowest BCUT2D eigenvalue weighted by Crippen LogP contribution is -2.48. The van der Waals surface area contributed by atoms with Crippen LogP contribution in [-0.4, -0.2) is 46.6 Å². The SMILES string of the molecule is Cc1cccc(NC(=O)C2CSCN2C(=O)C2CC(C)OC(C)C2)c1C. The summed E-state index contributed by atoms with van der Waals surface area (Å²) >= 11 is 1.64. The van der Waals surface area contributed by atoms with Crippen molar-refractivity contribution in [2.45, 2.75) is 58.8 Å². The third kappa shape index (κ3) is 4.07. The number of rotatable bonds is 3. The molecule has 0 aliphatic carbocycles. The smallest absolute Gasteiger partial charge is 0.248 e. The third-order valence-electron chi connectivity index (χ3n) is 5.38. The third-order valence-corrected chi connectivity index (χ3v) is 6.39. The van der Waals surface area contributed by atoms with Crippen LogP contribution in [0.3, 0.4) is 0 Å². The summed E-state index contributed by atoms with van der Waals surface area (Å²) in [6, 6.07) is 5.48. The maximum atomic E-state index is 13.1. The average Bonchev–Trinajstić information content (AvgIpc) is 3.07. The maximum absolute atomic E-state index is 13.1. The van der Waals surface area contributed by atoms with Gasteiger partial charge in [0.15, 0.2) is 0 Å². The molecular formula is C20H28N2O3S. The van der Waals surface area contributed by atoms with E-state index < -0.39 is 6.04 Å². The lowest BCUT2D eigenvalue weighted by Gasteiger charge is -2.34. The summed E-state index contributed by atoms with van der Waals surface area (Å²) in [5.74, 6) is 1.19. The molecule has 1 N–H and O–H groups in total. The number of carbonyl (C=O) groups is 2. The van der Waals surface area contributed by atoms with Gasteiger partial charge in [0.25, 0.3) is 0 Å². The first-order valence-corrected chi connectivity index (χ1v) is 10.4. The van der Waals surface area contributed by atoms with Crippen LogP contribution < -0.4 is 5.32 Å². The molecule has 2 saturated heterocycles. The van der Waals surface area contributed by atoms with Gasteiger partial charge in [-0.25, -0.2) is 0 Å². The molecule has 0 spiro atoms. The summed E-state index contributed by atoms with van der Waals surface area (Å²) in [6.45, 7) is 8.06. The molecule has 3 unspecified atom stereocenters. The second kappa shape index (κ2) is 8.01. The van der Waals surface area contributed by atoms with Gasteiger partial charge in [-0.1, -0.05) is 12.1 Å². The molecule has 2 aliphatic heterocycles. The molecule has 2 fully saturated rings. The lowest BCUT2D eigenvalue weighted by molar-refractivity contribution is -0.146. The second-order valence-electron chi connectivity index (χ2n) is 7.49. The van der Waals surface area contributed by atoms with Crippen molar-refractivity contribution in [2.75, 3.05) is 16.9 Å². The van der Waals surface area contributed by atoms with Gasteiger partial charge < -0.3 is 15.0 Å². The second-order valence-corrected chi connectivity index (χ2v) is 8.49. The van der Waals surface area contributed by atoms with Crippen LogP contribution in [0.15, 0.2) is 18.2 Å². The molecule has 1 aromatic rings. The van der Waals surface area contributed by atoms with E-state index in [1.807, 2.05) is 45.9 Å². The molecular weight excluding hydrogens is 348 g/mol. The minimum Gasteiger partial charge on any atom is -0.376 e. The Labute approximate surface area is 159 Å². The van der Waals surface area contributed by atoms with Crippen LogP contribution in [0.5, 0.6) is 0 Å². The Kier molecular flexibility index (Phi) is 5.92. The van der Waals surface area contributed by atoms with Crippen LogP contribution in [-0.2, 0) is 14.3 Å². The van der Waals surface area contributed by atoms with E-state index in [4.69, 9.17) is 4.74 Å². The molecule has 2 amide bonds. The predicted octanol–water partition coefficient (Wildman–Crippen LogP) is 3.35. The highest BCUT2D eigenvalue weighted by Gasteiger charge is 2.40. The quantitative estimate of drug-likeness (QED) is 0.879. The highest BCUT2D eigenvalue weighted by atomic mass is 32.2. The van der Waals surface area contributed by atoms with Gasteiger partial charge in [-0.2, -0.15) is 0 Å². The standard InChI is InChI=1S/C20H28N2O3S/c1-12-6-5-7-17(15(12)4)21-19(23)18-10-26-11-22(18)20(24)16-8-13(2)25-14(3)9-16/h5-7,13-14,16,18H,8-11H2,1-4H3,(H,21,23). The van der Waals surface area contributed by atoms with E-state index in [-0.39, 0.29) is 29.9 Å². The Hall–Kier alpha value is -1.53. The minimum absolute atomic E-state index is 0.0524. The number of hydrogen-bond donors (Lipinski definition) is 1. The van der Waals surface area contributed by atoms with Crippen molar-refractivity contribution in [3.05, 3.63) is 29.3 Å². The van der Waals surface area contributed by atoms with Crippen LogP contribution in [0.4, 0.5) is 5.69 Å². The van der Waals surface area contributed by atoms with Gasteiger partial charge in [0.05, 0.1) is 18.1 Å². The van der Waals surface area contributed by atoms with Crippen molar-refractivity contribution < 1.29 is 14.3 Å². The normalized spacial score (nSPS) is 28.8. The van der Waals surface area contributed by atoms with Crippen LogP contribution >= 0.6 is 11.8 Å². The van der Waals surface area contributed by atoms with E-state index in [2.05, 4.69) is 5.32 Å². The van der Waals surface area contributed by atoms with Gasteiger partial charge in [0.2, 0.25) is 11.8 Å². The summed E-state index contributed by atoms with van der Waals surface area (Å²) in [6.07, 6.45) is 1.64. The van der Waals surface area contributed by atoms with Crippen molar-refractivity contribution in [2.24, 2.45) is 5.92 Å². The van der Waals surface area contributed by atoms with Crippen LogP contribution in [0.1, 0.15) is 37.8 Å². The highest BCUT2D eigenvalue weighted by molar-refractivity contribution is 7.99. The van der Waals surface area contributed by atoms with E-state index in [0.29, 0.717) is 11.6 Å². The maximum Gasteiger partial charge on any atom is 0.248 e. The van der Waals surface area contributed by atoms with E-state index in [1.165, 1.54) is 0 Å². The average molecular weight is 377 g/mol. The molecule has 142 valence electrons. The number of aryl methyl sites for hydroxylation is 1. The van der Waals surface area contributed by atoms with Gasteiger partial charge in [0.1, 0.15) is 6.04 Å². The van der Waals surface area contributed by atoms with E-state index >= 15 is 0 Å². The first-order valence-electron chi connectivity index (χ1n) is 9.27. The molecule has 2 heterocycles. The largest absolute Gasteiger partial charge is 0.376 e. The highest BCUT2D eigenvalue weighted by Crippen LogP contribution is 2.31. The molecule has 3 rings (SSSR count). The number of thioether (sulfide) groups is 1. The molecule has 0 bridgehead atoms.